The van der Waals surface area contributed by atoms with Crippen LogP contribution in [0.2, 0.25) is 0 Å². The molecule has 2 aromatic rings. The van der Waals surface area contributed by atoms with Gasteiger partial charge in [0.05, 0.1) is 6.04 Å². The smallest absolute Gasteiger partial charge is 0.243 e. The molecule has 0 aromatic carbocycles. The molecule has 2 heterocycles. The zero-order valence-corrected chi connectivity index (χ0v) is 8.64. The first-order valence-electron chi connectivity index (χ1n) is 4.69. The van der Waals surface area contributed by atoms with Crippen LogP contribution in [-0.2, 0) is 0 Å². The van der Waals surface area contributed by atoms with Gasteiger partial charge in [-0.2, -0.15) is 4.98 Å². The zero-order valence-electron chi connectivity index (χ0n) is 8.64. The number of hydrogen-bond donors (Lipinski definition) is 1. The summed E-state index contributed by atoms with van der Waals surface area (Å²) in [5.74, 6) is 0.912. The average Bonchev–Trinajstić information content (AvgIpc) is 2.67. The SMILES string of the molecule is Cc1cccnc1-c1noc([C@@H](C)N)n1. The van der Waals surface area contributed by atoms with E-state index in [2.05, 4.69) is 15.1 Å². The van der Waals surface area contributed by atoms with E-state index in [0.717, 1.165) is 11.3 Å². The van der Waals surface area contributed by atoms with Crippen LogP contribution in [0.25, 0.3) is 11.5 Å². The Balaban J connectivity index is 2.42. The molecule has 2 N–H and O–H groups in total. The topological polar surface area (TPSA) is 77.8 Å². The average molecular weight is 204 g/mol. The van der Waals surface area contributed by atoms with Crippen LogP contribution in [0.5, 0.6) is 0 Å². The van der Waals surface area contributed by atoms with Crippen LogP contribution in [0.15, 0.2) is 22.9 Å². The van der Waals surface area contributed by atoms with Crippen molar-refractivity contribution in [2.24, 2.45) is 5.73 Å². The normalized spacial score (nSPS) is 12.7. The van der Waals surface area contributed by atoms with Crippen molar-refractivity contribution >= 4 is 0 Å². The molecule has 15 heavy (non-hydrogen) atoms. The molecule has 0 unspecified atom stereocenters. The molecular weight excluding hydrogens is 192 g/mol. The van der Waals surface area contributed by atoms with Gasteiger partial charge in [0.15, 0.2) is 0 Å². The summed E-state index contributed by atoms with van der Waals surface area (Å²) in [5.41, 5.74) is 7.37. The minimum atomic E-state index is -0.254. The van der Waals surface area contributed by atoms with Crippen molar-refractivity contribution in [1.82, 2.24) is 15.1 Å². The van der Waals surface area contributed by atoms with Crippen molar-refractivity contribution in [3.05, 3.63) is 29.8 Å². The van der Waals surface area contributed by atoms with Crippen molar-refractivity contribution in [3.63, 3.8) is 0 Å². The van der Waals surface area contributed by atoms with Gasteiger partial charge in [0.25, 0.3) is 0 Å². The van der Waals surface area contributed by atoms with E-state index in [9.17, 15) is 0 Å². The molecule has 0 amide bonds. The maximum atomic E-state index is 5.63. The molecule has 0 aliphatic carbocycles. The van der Waals surface area contributed by atoms with Gasteiger partial charge in [-0.1, -0.05) is 11.2 Å². The molecule has 0 saturated heterocycles. The maximum absolute atomic E-state index is 5.63. The molecule has 5 heteroatoms. The van der Waals surface area contributed by atoms with Gasteiger partial charge in [-0.3, -0.25) is 4.98 Å². The van der Waals surface area contributed by atoms with Crippen LogP contribution in [0, 0.1) is 6.92 Å². The van der Waals surface area contributed by atoms with Crippen LogP contribution < -0.4 is 5.73 Å². The molecule has 78 valence electrons. The highest BCUT2D eigenvalue weighted by atomic mass is 16.5. The van der Waals surface area contributed by atoms with Crippen LogP contribution >= 0.6 is 0 Å². The minimum Gasteiger partial charge on any atom is -0.337 e. The summed E-state index contributed by atoms with van der Waals surface area (Å²) in [5, 5.41) is 3.84. The van der Waals surface area contributed by atoms with Gasteiger partial charge in [-0.25, -0.2) is 0 Å². The summed E-state index contributed by atoms with van der Waals surface area (Å²) < 4.78 is 5.01. The van der Waals surface area contributed by atoms with Crippen LogP contribution in [0.1, 0.15) is 24.4 Å². The third-order valence-corrected chi connectivity index (χ3v) is 2.05. The van der Waals surface area contributed by atoms with Crippen LogP contribution in [0.3, 0.4) is 0 Å². The number of aryl methyl sites for hydroxylation is 1. The second-order valence-corrected chi connectivity index (χ2v) is 3.41. The first-order valence-corrected chi connectivity index (χ1v) is 4.69. The van der Waals surface area contributed by atoms with Gasteiger partial charge in [0, 0.05) is 6.20 Å². The number of nitrogens with zero attached hydrogens (tertiary/aromatic N) is 3. The van der Waals surface area contributed by atoms with Gasteiger partial charge in [-0.05, 0) is 25.5 Å². The molecule has 0 spiro atoms. The van der Waals surface area contributed by atoms with E-state index >= 15 is 0 Å². The molecule has 0 radical (unpaired) electrons. The van der Waals surface area contributed by atoms with Crippen molar-refractivity contribution in [1.29, 1.82) is 0 Å². The standard InChI is InChI=1S/C10H12N4O/c1-6-4-3-5-12-8(6)9-13-10(7(2)11)15-14-9/h3-5,7H,11H2,1-2H3/t7-/m1/s1. The summed E-state index contributed by atoms with van der Waals surface area (Å²) in [7, 11) is 0. The van der Waals surface area contributed by atoms with Gasteiger partial charge >= 0.3 is 0 Å². The van der Waals surface area contributed by atoms with Crippen LogP contribution in [0.4, 0.5) is 0 Å². The predicted octanol–water partition coefficient (Wildman–Crippen LogP) is 1.46. The molecule has 0 aliphatic heterocycles. The fourth-order valence-corrected chi connectivity index (χ4v) is 1.24. The van der Waals surface area contributed by atoms with Crippen molar-refractivity contribution < 1.29 is 4.52 Å². The predicted molar refractivity (Wildman–Crippen MR) is 54.9 cm³/mol. The number of hydrogen-bond acceptors (Lipinski definition) is 5. The summed E-state index contributed by atoms with van der Waals surface area (Å²) >= 11 is 0. The molecule has 0 aliphatic rings. The molecule has 0 bridgehead atoms. The second kappa shape index (κ2) is 3.78. The Morgan fingerprint density at radius 3 is 2.87 bits per heavy atom. The van der Waals surface area contributed by atoms with E-state index in [1.807, 2.05) is 19.1 Å². The Hall–Kier alpha value is -1.75. The highest BCUT2D eigenvalue weighted by molar-refractivity contribution is 5.53. The third-order valence-electron chi connectivity index (χ3n) is 2.05. The van der Waals surface area contributed by atoms with E-state index in [1.165, 1.54) is 0 Å². The molecular formula is C10H12N4O. The fourth-order valence-electron chi connectivity index (χ4n) is 1.24. The van der Waals surface area contributed by atoms with E-state index in [-0.39, 0.29) is 6.04 Å². The Morgan fingerprint density at radius 1 is 1.47 bits per heavy atom. The molecule has 5 nitrogen and oxygen atoms in total. The largest absolute Gasteiger partial charge is 0.337 e. The number of nitrogens with two attached hydrogens (primary N) is 1. The number of rotatable bonds is 2. The second-order valence-electron chi connectivity index (χ2n) is 3.41. The lowest BCUT2D eigenvalue weighted by atomic mass is 10.2. The van der Waals surface area contributed by atoms with E-state index in [0.29, 0.717) is 11.7 Å². The Labute approximate surface area is 87.3 Å². The maximum Gasteiger partial charge on any atom is 0.243 e. The molecule has 2 aromatic heterocycles. The highest BCUT2D eigenvalue weighted by Crippen LogP contribution is 2.18. The van der Waals surface area contributed by atoms with Crippen molar-refractivity contribution in [3.8, 4) is 11.5 Å². The summed E-state index contributed by atoms with van der Waals surface area (Å²) in [6, 6.07) is 3.56. The Bertz CT molecular complexity index is 464. The third kappa shape index (κ3) is 1.87. The van der Waals surface area contributed by atoms with Gasteiger partial charge in [-0.15, -0.1) is 0 Å². The highest BCUT2D eigenvalue weighted by Gasteiger charge is 2.13. The molecule has 0 fully saturated rings. The van der Waals surface area contributed by atoms with Crippen molar-refractivity contribution in [2.45, 2.75) is 19.9 Å². The summed E-state index contributed by atoms with van der Waals surface area (Å²) in [6.07, 6.45) is 1.70. The first-order chi connectivity index (χ1) is 7.18. The lowest BCUT2D eigenvalue weighted by molar-refractivity contribution is 0.362. The fraction of sp³-hybridized carbons (Fsp3) is 0.300. The van der Waals surface area contributed by atoms with Crippen molar-refractivity contribution in [2.75, 3.05) is 0 Å². The lowest BCUT2D eigenvalue weighted by Gasteiger charge is -1.97. The summed E-state index contributed by atoms with van der Waals surface area (Å²) in [4.78, 5) is 8.37. The molecule has 2 rings (SSSR count). The van der Waals surface area contributed by atoms with Gasteiger partial charge < -0.3 is 10.3 Å². The number of pyridine rings is 1. The number of aromatic nitrogens is 3. The Morgan fingerprint density at radius 2 is 2.27 bits per heavy atom. The van der Waals surface area contributed by atoms with E-state index in [4.69, 9.17) is 10.3 Å². The van der Waals surface area contributed by atoms with E-state index in [1.54, 1.807) is 13.1 Å². The lowest BCUT2D eigenvalue weighted by Crippen LogP contribution is -2.04. The van der Waals surface area contributed by atoms with Gasteiger partial charge in [0.1, 0.15) is 5.69 Å². The van der Waals surface area contributed by atoms with Crippen LogP contribution in [-0.4, -0.2) is 15.1 Å². The minimum absolute atomic E-state index is 0.254. The zero-order chi connectivity index (χ0) is 10.8. The van der Waals surface area contributed by atoms with Gasteiger partial charge in [0.2, 0.25) is 11.7 Å². The monoisotopic (exact) mass is 204 g/mol. The van der Waals surface area contributed by atoms with E-state index < -0.39 is 0 Å². The molecule has 1 atom stereocenters. The Kier molecular flexibility index (Phi) is 2.47. The molecule has 0 saturated carbocycles. The first kappa shape index (κ1) is 9.79. The summed E-state index contributed by atoms with van der Waals surface area (Å²) in [6.45, 7) is 3.74. The quantitative estimate of drug-likeness (QED) is 0.801.